The van der Waals surface area contributed by atoms with Gasteiger partial charge >= 0.3 is 0 Å². The smallest absolute Gasteiger partial charge is 0.253 e. The maximum atomic E-state index is 11.2. The fourth-order valence-corrected chi connectivity index (χ4v) is 2.03. The highest BCUT2D eigenvalue weighted by molar-refractivity contribution is 7.71. The summed E-state index contributed by atoms with van der Waals surface area (Å²) in [4.78, 5) is 13.8. The lowest BCUT2D eigenvalue weighted by atomic mass is 10.1. The molecule has 0 bridgehead atoms. The van der Waals surface area contributed by atoms with E-state index in [-0.39, 0.29) is 5.56 Å². The van der Waals surface area contributed by atoms with E-state index in [1.807, 2.05) is 32.0 Å². The van der Waals surface area contributed by atoms with Crippen molar-refractivity contribution in [3.05, 3.63) is 50.5 Å². The maximum absolute atomic E-state index is 11.2. The van der Waals surface area contributed by atoms with E-state index in [2.05, 4.69) is 4.98 Å². The molecular formula is C12H13N3OS. The van der Waals surface area contributed by atoms with Crippen LogP contribution in [0.1, 0.15) is 11.1 Å². The number of hydrogen-bond acceptors (Lipinski definition) is 3. The molecule has 0 fully saturated rings. The van der Waals surface area contributed by atoms with Crippen molar-refractivity contribution < 1.29 is 0 Å². The zero-order valence-corrected chi connectivity index (χ0v) is 10.5. The highest BCUT2D eigenvalue weighted by Crippen LogP contribution is 2.18. The molecular weight excluding hydrogens is 234 g/mol. The summed E-state index contributed by atoms with van der Waals surface area (Å²) in [5.41, 5.74) is 8.61. The third-order valence-electron chi connectivity index (χ3n) is 2.58. The molecule has 4 nitrogen and oxygen atoms in total. The van der Waals surface area contributed by atoms with Crippen molar-refractivity contribution in [3.8, 4) is 5.69 Å². The number of H-pyrrole nitrogens is 1. The number of hydrogen-bond donors (Lipinski definition) is 2. The van der Waals surface area contributed by atoms with Gasteiger partial charge in [0.05, 0.1) is 5.69 Å². The zero-order valence-electron chi connectivity index (χ0n) is 9.65. The molecule has 2 aromatic rings. The minimum atomic E-state index is -0.283. The summed E-state index contributed by atoms with van der Waals surface area (Å²) in [5.74, 6) is 0.340. The molecule has 1 aromatic heterocycles. The molecule has 0 spiro atoms. The number of nitrogens with zero attached hydrogens (tertiary/aromatic N) is 1. The van der Waals surface area contributed by atoms with Crippen molar-refractivity contribution in [1.29, 1.82) is 0 Å². The predicted octanol–water partition coefficient (Wildman–Crippen LogP) is 2.09. The van der Waals surface area contributed by atoms with Gasteiger partial charge in [-0.1, -0.05) is 12.1 Å². The fraction of sp³-hybridized carbons (Fsp3) is 0.167. The van der Waals surface area contributed by atoms with Gasteiger partial charge in [-0.05, 0) is 43.3 Å². The molecule has 1 heterocycles. The lowest BCUT2D eigenvalue weighted by molar-refractivity contribution is 0.940. The molecule has 0 aliphatic heterocycles. The molecule has 0 radical (unpaired) electrons. The van der Waals surface area contributed by atoms with Gasteiger partial charge in [-0.2, -0.15) is 0 Å². The molecule has 0 saturated carbocycles. The standard InChI is InChI=1S/C12H13N3OS/c1-7-3-4-8(2)9(5-7)15-10(13)6-11(16)14-12(15)17/h3-6H,13H2,1-2H3,(H,14,16,17). The van der Waals surface area contributed by atoms with Crippen LogP contribution < -0.4 is 11.3 Å². The topological polar surface area (TPSA) is 63.8 Å². The Kier molecular flexibility index (Phi) is 2.85. The second kappa shape index (κ2) is 4.18. The van der Waals surface area contributed by atoms with Gasteiger partial charge in [-0.15, -0.1) is 0 Å². The van der Waals surface area contributed by atoms with Gasteiger partial charge in [0, 0.05) is 6.07 Å². The van der Waals surface area contributed by atoms with Crippen LogP contribution in [-0.4, -0.2) is 9.55 Å². The summed E-state index contributed by atoms with van der Waals surface area (Å²) in [7, 11) is 0. The lowest BCUT2D eigenvalue weighted by Crippen LogP contribution is -2.15. The molecule has 0 aliphatic rings. The number of aromatic amines is 1. The Morgan fingerprint density at radius 3 is 2.65 bits per heavy atom. The molecule has 2 rings (SSSR count). The van der Waals surface area contributed by atoms with E-state index in [1.165, 1.54) is 6.07 Å². The molecule has 3 N–H and O–H groups in total. The Morgan fingerprint density at radius 1 is 1.29 bits per heavy atom. The van der Waals surface area contributed by atoms with Crippen LogP contribution in [0.25, 0.3) is 5.69 Å². The Bertz CT molecular complexity index is 685. The predicted molar refractivity (Wildman–Crippen MR) is 71.1 cm³/mol. The molecule has 88 valence electrons. The van der Waals surface area contributed by atoms with Gasteiger partial charge < -0.3 is 5.73 Å². The number of aromatic nitrogens is 2. The fourth-order valence-electron chi connectivity index (χ4n) is 1.72. The van der Waals surface area contributed by atoms with Crippen molar-refractivity contribution in [2.45, 2.75) is 13.8 Å². The van der Waals surface area contributed by atoms with Gasteiger partial charge in [-0.3, -0.25) is 14.3 Å². The molecule has 17 heavy (non-hydrogen) atoms. The Morgan fingerprint density at radius 2 is 2.00 bits per heavy atom. The van der Waals surface area contributed by atoms with E-state index < -0.39 is 0 Å². The maximum Gasteiger partial charge on any atom is 0.253 e. The summed E-state index contributed by atoms with van der Waals surface area (Å²) < 4.78 is 1.97. The van der Waals surface area contributed by atoms with Crippen LogP contribution in [-0.2, 0) is 0 Å². The van der Waals surface area contributed by atoms with Crippen LogP contribution in [0, 0.1) is 18.6 Å². The lowest BCUT2D eigenvalue weighted by Gasteiger charge is -2.13. The van der Waals surface area contributed by atoms with Crippen LogP contribution in [0.2, 0.25) is 0 Å². The minimum Gasteiger partial charge on any atom is -0.385 e. The number of nitrogens with one attached hydrogen (secondary N) is 1. The van der Waals surface area contributed by atoms with Crippen molar-refractivity contribution in [2.24, 2.45) is 0 Å². The molecule has 0 atom stereocenters. The number of aryl methyl sites for hydroxylation is 2. The summed E-state index contributed by atoms with van der Waals surface area (Å²) in [6.45, 7) is 3.97. The SMILES string of the molecule is Cc1ccc(C)c(-n2c(N)cc(=O)[nH]c2=S)c1. The van der Waals surface area contributed by atoms with Gasteiger partial charge in [0.25, 0.3) is 5.56 Å². The van der Waals surface area contributed by atoms with Gasteiger partial charge in [0.2, 0.25) is 0 Å². The first-order valence-corrected chi connectivity index (χ1v) is 5.59. The average Bonchev–Trinajstić information content (AvgIpc) is 2.21. The van der Waals surface area contributed by atoms with Crippen molar-refractivity contribution in [3.63, 3.8) is 0 Å². The largest absolute Gasteiger partial charge is 0.385 e. The molecule has 0 unspecified atom stereocenters. The quantitative estimate of drug-likeness (QED) is 0.758. The molecule has 0 saturated heterocycles. The summed E-state index contributed by atoms with van der Waals surface area (Å²) in [5, 5.41) is 0. The number of nitrogens with two attached hydrogens (primary N) is 1. The summed E-state index contributed by atoms with van der Waals surface area (Å²) >= 11 is 5.14. The van der Waals surface area contributed by atoms with Crippen LogP contribution >= 0.6 is 12.2 Å². The molecule has 0 amide bonds. The van der Waals surface area contributed by atoms with Gasteiger partial charge in [-0.25, -0.2) is 0 Å². The zero-order chi connectivity index (χ0) is 12.6. The highest BCUT2D eigenvalue weighted by Gasteiger charge is 2.06. The normalized spacial score (nSPS) is 10.5. The molecule has 1 aromatic carbocycles. The van der Waals surface area contributed by atoms with Crippen LogP contribution in [0.5, 0.6) is 0 Å². The number of benzene rings is 1. The number of anilines is 1. The third-order valence-corrected chi connectivity index (χ3v) is 2.86. The van der Waals surface area contributed by atoms with E-state index in [0.717, 1.165) is 16.8 Å². The van der Waals surface area contributed by atoms with Crippen LogP contribution in [0.4, 0.5) is 5.82 Å². The number of nitrogen functional groups attached to an aromatic ring is 1. The average molecular weight is 247 g/mol. The summed E-state index contributed by atoms with van der Waals surface area (Å²) in [6, 6.07) is 7.33. The van der Waals surface area contributed by atoms with Crippen LogP contribution in [0.3, 0.4) is 0 Å². The van der Waals surface area contributed by atoms with Crippen molar-refractivity contribution >= 4 is 18.0 Å². The van der Waals surface area contributed by atoms with E-state index in [1.54, 1.807) is 4.57 Å². The first-order chi connectivity index (χ1) is 7.99. The van der Waals surface area contributed by atoms with Crippen LogP contribution in [0.15, 0.2) is 29.1 Å². The molecule has 5 heteroatoms. The van der Waals surface area contributed by atoms with Gasteiger partial charge in [0.1, 0.15) is 5.82 Å². The van der Waals surface area contributed by atoms with E-state index in [4.69, 9.17) is 18.0 Å². The van der Waals surface area contributed by atoms with Crippen molar-refractivity contribution in [1.82, 2.24) is 9.55 Å². The Balaban J connectivity index is 2.81. The van der Waals surface area contributed by atoms with E-state index >= 15 is 0 Å². The summed E-state index contributed by atoms with van der Waals surface area (Å²) in [6.07, 6.45) is 0. The first-order valence-electron chi connectivity index (χ1n) is 5.18. The third kappa shape index (κ3) is 2.14. The first kappa shape index (κ1) is 11.6. The van der Waals surface area contributed by atoms with E-state index in [9.17, 15) is 4.79 Å². The molecule has 0 aliphatic carbocycles. The van der Waals surface area contributed by atoms with E-state index in [0.29, 0.717) is 10.6 Å². The number of rotatable bonds is 1. The monoisotopic (exact) mass is 247 g/mol. The minimum absolute atomic E-state index is 0.283. The van der Waals surface area contributed by atoms with Gasteiger partial charge in [0.15, 0.2) is 4.77 Å². The highest BCUT2D eigenvalue weighted by atomic mass is 32.1. The van der Waals surface area contributed by atoms with Crippen molar-refractivity contribution in [2.75, 3.05) is 5.73 Å². The second-order valence-corrected chi connectivity index (χ2v) is 4.38. The Labute approximate surface area is 104 Å². The second-order valence-electron chi connectivity index (χ2n) is 3.99. The Hall–Kier alpha value is -1.88.